The summed E-state index contributed by atoms with van der Waals surface area (Å²) in [4.78, 5) is 6.58. The molecule has 0 saturated heterocycles. The highest BCUT2D eigenvalue weighted by molar-refractivity contribution is 14.0. The first-order chi connectivity index (χ1) is 12.7. The minimum Gasteiger partial charge on any atom is -0.496 e. The smallest absolute Gasteiger partial charge is 0.191 e. The molecule has 0 heterocycles. The van der Waals surface area contributed by atoms with Crippen LogP contribution in [0.3, 0.4) is 0 Å². The fourth-order valence-corrected chi connectivity index (χ4v) is 2.78. The molecule has 0 amide bonds. The highest BCUT2D eigenvalue weighted by atomic mass is 127. The van der Waals surface area contributed by atoms with Crippen molar-refractivity contribution in [2.24, 2.45) is 4.99 Å². The lowest BCUT2D eigenvalue weighted by Crippen LogP contribution is -2.41. The largest absolute Gasteiger partial charge is 0.496 e. The minimum atomic E-state index is 0. The van der Waals surface area contributed by atoms with Crippen molar-refractivity contribution >= 4 is 29.9 Å². The summed E-state index contributed by atoms with van der Waals surface area (Å²) in [5, 5.41) is 6.72. The predicted octanol–water partition coefficient (Wildman–Crippen LogP) is 3.15. The quantitative estimate of drug-likeness (QED) is 0.328. The number of rotatable bonds is 9. The van der Waals surface area contributed by atoms with Gasteiger partial charge in [-0.3, -0.25) is 4.99 Å². The molecule has 0 saturated carbocycles. The van der Waals surface area contributed by atoms with Crippen molar-refractivity contribution in [3.05, 3.63) is 65.7 Å². The number of hydrogen-bond acceptors (Lipinski definition) is 3. The van der Waals surface area contributed by atoms with Gasteiger partial charge in [-0.1, -0.05) is 48.5 Å². The van der Waals surface area contributed by atoms with E-state index in [1.54, 1.807) is 14.2 Å². The van der Waals surface area contributed by atoms with E-state index in [1.165, 1.54) is 11.1 Å². The van der Waals surface area contributed by atoms with Crippen LogP contribution >= 0.6 is 24.0 Å². The molecule has 0 radical (unpaired) electrons. The second kappa shape index (κ2) is 13.4. The van der Waals surface area contributed by atoms with E-state index in [4.69, 9.17) is 4.74 Å². The number of likely N-dealkylation sites (N-methyl/N-ethyl adjacent to an activating group) is 1. The molecule has 148 valence electrons. The molecule has 0 atom stereocenters. The van der Waals surface area contributed by atoms with E-state index in [0.717, 1.165) is 44.3 Å². The zero-order valence-electron chi connectivity index (χ0n) is 16.4. The number of halogens is 1. The van der Waals surface area contributed by atoms with Crippen molar-refractivity contribution in [2.75, 3.05) is 40.8 Å². The summed E-state index contributed by atoms with van der Waals surface area (Å²) in [6, 6.07) is 18.6. The van der Waals surface area contributed by atoms with Crippen molar-refractivity contribution in [1.29, 1.82) is 0 Å². The SMILES string of the molecule is CN=C(NCCc1ccccc1OC)NCCN(C)Cc1ccccc1.I. The Hall–Kier alpha value is -1.80. The van der Waals surface area contributed by atoms with Crippen molar-refractivity contribution in [1.82, 2.24) is 15.5 Å². The maximum atomic E-state index is 5.39. The number of methoxy groups -OCH3 is 1. The highest BCUT2D eigenvalue weighted by Crippen LogP contribution is 2.17. The number of ether oxygens (including phenoxy) is 1. The van der Waals surface area contributed by atoms with E-state index in [2.05, 4.69) is 57.9 Å². The molecule has 27 heavy (non-hydrogen) atoms. The number of hydrogen-bond donors (Lipinski definition) is 2. The zero-order valence-corrected chi connectivity index (χ0v) is 18.8. The Morgan fingerprint density at radius 1 is 1.00 bits per heavy atom. The maximum absolute atomic E-state index is 5.39. The third-order valence-corrected chi connectivity index (χ3v) is 4.18. The molecule has 0 fully saturated rings. The molecular formula is C21H31IN4O. The van der Waals surface area contributed by atoms with Gasteiger partial charge in [-0.2, -0.15) is 0 Å². The lowest BCUT2D eigenvalue weighted by atomic mass is 10.1. The van der Waals surface area contributed by atoms with Gasteiger partial charge in [0, 0.05) is 33.2 Å². The first-order valence-electron chi connectivity index (χ1n) is 9.02. The van der Waals surface area contributed by atoms with Gasteiger partial charge in [0.15, 0.2) is 5.96 Å². The van der Waals surface area contributed by atoms with E-state index < -0.39 is 0 Å². The topological polar surface area (TPSA) is 48.9 Å². The molecule has 2 rings (SSSR count). The molecule has 2 aromatic carbocycles. The Kier molecular flexibility index (Phi) is 11.5. The molecule has 0 spiro atoms. The van der Waals surface area contributed by atoms with Crippen molar-refractivity contribution in [3.63, 3.8) is 0 Å². The summed E-state index contributed by atoms with van der Waals surface area (Å²) >= 11 is 0. The molecule has 0 aliphatic rings. The third-order valence-electron chi connectivity index (χ3n) is 4.18. The Balaban J connectivity index is 0.00000364. The molecular weight excluding hydrogens is 451 g/mol. The number of para-hydroxylation sites is 1. The fourth-order valence-electron chi connectivity index (χ4n) is 2.78. The Labute approximate surface area is 180 Å². The number of nitrogens with one attached hydrogen (secondary N) is 2. The first-order valence-corrected chi connectivity index (χ1v) is 9.02. The summed E-state index contributed by atoms with van der Waals surface area (Å²) in [6.45, 7) is 3.54. The van der Waals surface area contributed by atoms with Crippen LogP contribution in [0.25, 0.3) is 0 Å². The zero-order chi connectivity index (χ0) is 18.6. The van der Waals surface area contributed by atoms with Crippen LogP contribution in [0.2, 0.25) is 0 Å². The van der Waals surface area contributed by atoms with Gasteiger partial charge in [0.05, 0.1) is 7.11 Å². The Bertz CT molecular complexity index is 679. The molecule has 5 nitrogen and oxygen atoms in total. The summed E-state index contributed by atoms with van der Waals surface area (Å²) in [5.41, 5.74) is 2.52. The van der Waals surface area contributed by atoms with Gasteiger partial charge >= 0.3 is 0 Å². The number of aliphatic imine (C=N–C) groups is 1. The van der Waals surface area contributed by atoms with Crippen LogP contribution in [0.15, 0.2) is 59.6 Å². The van der Waals surface area contributed by atoms with Crippen LogP contribution in [0.4, 0.5) is 0 Å². The van der Waals surface area contributed by atoms with Crippen molar-refractivity contribution < 1.29 is 4.74 Å². The second-order valence-corrected chi connectivity index (χ2v) is 6.21. The molecule has 0 aliphatic carbocycles. The monoisotopic (exact) mass is 482 g/mol. The van der Waals surface area contributed by atoms with Crippen LogP contribution < -0.4 is 15.4 Å². The molecule has 0 bridgehead atoms. The third kappa shape index (κ3) is 8.62. The van der Waals surface area contributed by atoms with Crippen LogP contribution in [0.1, 0.15) is 11.1 Å². The maximum Gasteiger partial charge on any atom is 0.191 e. The van der Waals surface area contributed by atoms with E-state index in [9.17, 15) is 0 Å². The van der Waals surface area contributed by atoms with Crippen molar-refractivity contribution in [2.45, 2.75) is 13.0 Å². The molecule has 0 aromatic heterocycles. The number of benzene rings is 2. The molecule has 0 unspecified atom stereocenters. The van der Waals surface area contributed by atoms with Gasteiger partial charge < -0.3 is 20.3 Å². The lowest BCUT2D eigenvalue weighted by Gasteiger charge is -2.18. The first kappa shape index (κ1) is 23.2. The van der Waals surface area contributed by atoms with Gasteiger partial charge in [-0.05, 0) is 30.7 Å². The number of nitrogens with zero attached hydrogens (tertiary/aromatic N) is 2. The Morgan fingerprint density at radius 3 is 2.37 bits per heavy atom. The van der Waals surface area contributed by atoms with E-state index in [-0.39, 0.29) is 24.0 Å². The standard InChI is InChI=1S/C21H30N4O.HI/c1-22-21(23-14-13-19-11-7-8-12-20(19)26-3)24-15-16-25(2)17-18-9-5-4-6-10-18;/h4-12H,13-17H2,1-3H3,(H2,22,23,24);1H. The molecule has 6 heteroatoms. The van der Waals surface area contributed by atoms with Crippen LogP contribution in [0, 0.1) is 0 Å². The van der Waals surface area contributed by atoms with E-state index in [1.807, 2.05) is 24.3 Å². The molecule has 2 aromatic rings. The van der Waals surface area contributed by atoms with E-state index >= 15 is 0 Å². The Morgan fingerprint density at radius 2 is 1.67 bits per heavy atom. The second-order valence-electron chi connectivity index (χ2n) is 6.21. The highest BCUT2D eigenvalue weighted by Gasteiger charge is 2.04. The van der Waals surface area contributed by atoms with Crippen LogP contribution in [0.5, 0.6) is 5.75 Å². The summed E-state index contributed by atoms with van der Waals surface area (Å²) in [7, 11) is 5.64. The molecule has 0 aliphatic heterocycles. The number of guanidine groups is 1. The van der Waals surface area contributed by atoms with Gasteiger partial charge in [0.1, 0.15) is 5.75 Å². The van der Waals surface area contributed by atoms with Gasteiger partial charge in [0.25, 0.3) is 0 Å². The summed E-state index contributed by atoms with van der Waals surface area (Å²) in [6.07, 6.45) is 0.888. The van der Waals surface area contributed by atoms with Gasteiger partial charge in [-0.25, -0.2) is 0 Å². The van der Waals surface area contributed by atoms with Gasteiger partial charge in [0.2, 0.25) is 0 Å². The average Bonchev–Trinajstić information content (AvgIpc) is 2.68. The fraction of sp³-hybridized carbons (Fsp3) is 0.381. The molecule has 2 N–H and O–H groups in total. The minimum absolute atomic E-state index is 0. The average molecular weight is 482 g/mol. The summed E-state index contributed by atoms with van der Waals surface area (Å²) in [5.74, 6) is 1.76. The van der Waals surface area contributed by atoms with Crippen LogP contribution in [-0.4, -0.2) is 51.7 Å². The normalized spacial score (nSPS) is 11.0. The predicted molar refractivity (Wildman–Crippen MR) is 124 cm³/mol. The van der Waals surface area contributed by atoms with E-state index in [0.29, 0.717) is 0 Å². The lowest BCUT2D eigenvalue weighted by molar-refractivity contribution is 0.331. The van der Waals surface area contributed by atoms with Crippen molar-refractivity contribution in [3.8, 4) is 5.75 Å². The summed E-state index contributed by atoms with van der Waals surface area (Å²) < 4.78 is 5.39. The van der Waals surface area contributed by atoms with Gasteiger partial charge in [-0.15, -0.1) is 24.0 Å². The van der Waals surface area contributed by atoms with Crippen LogP contribution in [-0.2, 0) is 13.0 Å².